The third-order valence-electron chi connectivity index (χ3n) is 9.22. The summed E-state index contributed by atoms with van der Waals surface area (Å²) in [5.41, 5.74) is 9.44. The maximum absolute atomic E-state index is 5.13. The average Bonchev–Trinajstić information content (AvgIpc) is 3.48. The summed E-state index contributed by atoms with van der Waals surface area (Å²) in [4.78, 5) is 15.2. The summed E-state index contributed by atoms with van der Waals surface area (Å²) in [5.74, 6) is 1.94. The van der Waals surface area contributed by atoms with Crippen LogP contribution in [0, 0.1) is 0 Å². The molecule has 8 rings (SSSR count). The van der Waals surface area contributed by atoms with Crippen LogP contribution in [0.5, 0.6) is 0 Å². The Balaban J connectivity index is 1.42. The lowest BCUT2D eigenvalue weighted by molar-refractivity contribution is 0.661. The van der Waals surface area contributed by atoms with Crippen LogP contribution in [-0.2, 0) is 5.41 Å². The zero-order valence-electron chi connectivity index (χ0n) is 25.8. The minimum absolute atomic E-state index is 0.126. The first-order valence-electron chi connectivity index (χ1n) is 15.3. The van der Waals surface area contributed by atoms with Crippen molar-refractivity contribution >= 4 is 35.1 Å². The number of benzene rings is 5. The molecular weight excluding hydrogens is 553 g/mol. The maximum atomic E-state index is 5.13. The molecule has 2 aromatic heterocycles. The molecular formula is C39H34N4Si. The van der Waals surface area contributed by atoms with Crippen molar-refractivity contribution in [1.82, 2.24) is 19.5 Å². The zero-order valence-corrected chi connectivity index (χ0v) is 26.8. The van der Waals surface area contributed by atoms with Crippen molar-refractivity contribution < 1.29 is 0 Å². The van der Waals surface area contributed by atoms with E-state index in [1.807, 2.05) is 36.4 Å². The minimum Gasteiger partial charge on any atom is -0.278 e. The van der Waals surface area contributed by atoms with Gasteiger partial charge in [-0.15, -0.1) is 0 Å². The number of nitrogens with zero attached hydrogens (tertiary/aromatic N) is 4. The van der Waals surface area contributed by atoms with Crippen LogP contribution in [0.1, 0.15) is 25.0 Å². The van der Waals surface area contributed by atoms with Crippen molar-refractivity contribution in [3.63, 3.8) is 0 Å². The highest BCUT2D eigenvalue weighted by atomic mass is 28.3. The topological polar surface area (TPSA) is 43.6 Å². The second-order valence-electron chi connectivity index (χ2n) is 13.4. The van der Waals surface area contributed by atoms with E-state index in [1.165, 1.54) is 38.2 Å². The van der Waals surface area contributed by atoms with E-state index in [0.717, 1.165) is 22.2 Å². The van der Waals surface area contributed by atoms with Crippen LogP contribution in [0.25, 0.3) is 61.7 Å². The van der Waals surface area contributed by atoms with Gasteiger partial charge < -0.3 is 0 Å². The molecule has 0 amide bonds. The Kier molecular flexibility index (Phi) is 5.81. The standard InChI is InChI=1S/C39H34N4Si/c1-39(2)32-22-27(44(3,4)5)20-21-28(32)30-23-31-29-18-12-13-19-34(29)43(35(31)24-33(30)39)38-41-36(25-14-8-6-9-15-25)40-37(42-38)26-16-10-7-11-17-26/h6-24H,1-5H3. The maximum Gasteiger partial charge on any atom is 0.238 e. The Bertz CT molecular complexity index is 2170. The molecule has 4 nitrogen and oxygen atoms in total. The molecule has 7 aromatic rings. The van der Waals surface area contributed by atoms with E-state index in [-0.39, 0.29) is 5.41 Å². The quantitative estimate of drug-likeness (QED) is 0.193. The highest BCUT2D eigenvalue weighted by Gasteiger charge is 2.37. The molecule has 0 fully saturated rings. The number of hydrogen-bond acceptors (Lipinski definition) is 3. The molecule has 1 aliphatic rings. The van der Waals surface area contributed by atoms with Crippen molar-refractivity contribution in [2.75, 3.05) is 0 Å². The van der Waals surface area contributed by atoms with E-state index in [4.69, 9.17) is 15.0 Å². The van der Waals surface area contributed by atoms with Crippen LogP contribution >= 0.6 is 0 Å². The molecule has 0 saturated heterocycles. The van der Waals surface area contributed by atoms with E-state index in [0.29, 0.717) is 17.6 Å². The summed E-state index contributed by atoms with van der Waals surface area (Å²) in [7, 11) is -1.46. The molecule has 2 heterocycles. The van der Waals surface area contributed by atoms with E-state index in [2.05, 4.69) is 117 Å². The fourth-order valence-electron chi connectivity index (χ4n) is 6.78. The molecule has 0 radical (unpaired) electrons. The average molecular weight is 587 g/mol. The first-order chi connectivity index (χ1) is 21.2. The summed E-state index contributed by atoms with van der Waals surface area (Å²) in [6, 6.07) is 41.0. The lowest BCUT2D eigenvalue weighted by Gasteiger charge is -2.24. The van der Waals surface area contributed by atoms with E-state index in [1.54, 1.807) is 0 Å². The van der Waals surface area contributed by atoms with Gasteiger partial charge in [-0.2, -0.15) is 9.97 Å². The third-order valence-corrected chi connectivity index (χ3v) is 11.3. The minimum atomic E-state index is -1.46. The first-order valence-corrected chi connectivity index (χ1v) is 18.8. The molecule has 0 bridgehead atoms. The lowest BCUT2D eigenvalue weighted by Crippen LogP contribution is -2.38. The van der Waals surface area contributed by atoms with Gasteiger partial charge in [0.2, 0.25) is 5.95 Å². The Hall–Kier alpha value is -4.87. The predicted molar refractivity (Wildman–Crippen MR) is 186 cm³/mol. The summed E-state index contributed by atoms with van der Waals surface area (Å²) in [5, 5.41) is 3.90. The Morgan fingerprint density at radius 2 is 1.14 bits per heavy atom. The number of rotatable bonds is 4. The van der Waals surface area contributed by atoms with Gasteiger partial charge >= 0.3 is 0 Å². The van der Waals surface area contributed by atoms with Crippen molar-refractivity contribution in [1.29, 1.82) is 0 Å². The van der Waals surface area contributed by atoms with E-state index in [9.17, 15) is 0 Å². The normalized spacial score (nSPS) is 13.8. The highest BCUT2D eigenvalue weighted by Crippen LogP contribution is 2.50. The van der Waals surface area contributed by atoms with Crippen molar-refractivity contribution in [2.24, 2.45) is 0 Å². The fourth-order valence-corrected chi connectivity index (χ4v) is 7.94. The van der Waals surface area contributed by atoms with Gasteiger partial charge in [-0.3, -0.25) is 4.57 Å². The van der Waals surface area contributed by atoms with Crippen molar-refractivity contribution in [3.05, 3.63) is 126 Å². The Morgan fingerprint density at radius 1 is 0.545 bits per heavy atom. The zero-order chi connectivity index (χ0) is 30.2. The largest absolute Gasteiger partial charge is 0.278 e. The smallest absolute Gasteiger partial charge is 0.238 e. The molecule has 5 heteroatoms. The Labute approximate surface area is 259 Å². The van der Waals surface area contributed by atoms with Crippen molar-refractivity contribution in [3.8, 4) is 39.9 Å². The summed E-state index contributed by atoms with van der Waals surface area (Å²) >= 11 is 0. The molecule has 0 atom stereocenters. The Morgan fingerprint density at radius 3 is 1.77 bits per heavy atom. The monoisotopic (exact) mass is 586 g/mol. The molecule has 0 spiro atoms. The van der Waals surface area contributed by atoms with E-state index < -0.39 is 8.07 Å². The lowest BCUT2D eigenvalue weighted by atomic mass is 9.82. The van der Waals surface area contributed by atoms with Crippen LogP contribution in [-0.4, -0.2) is 27.6 Å². The van der Waals surface area contributed by atoms with Crippen LogP contribution in [0.15, 0.2) is 115 Å². The van der Waals surface area contributed by atoms with Gasteiger partial charge in [0.15, 0.2) is 11.6 Å². The molecule has 0 saturated carbocycles. The second kappa shape index (κ2) is 9.56. The van der Waals surface area contributed by atoms with Gasteiger partial charge in [-0.25, -0.2) is 4.98 Å². The van der Waals surface area contributed by atoms with Gasteiger partial charge in [0.1, 0.15) is 0 Å². The number of fused-ring (bicyclic) bond motifs is 6. The molecule has 1 aliphatic carbocycles. The van der Waals surface area contributed by atoms with Gasteiger partial charge in [0, 0.05) is 27.3 Å². The molecule has 0 N–H and O–H groups in total. The van der Waals surface area contributed by atoms with Gasteiger partial charge in [0.05, 0.1) is 19.1 Å². The summed E-state index contributed by atoms with van der Waals surface area (Å²) in [6.07, 6.45) is 0. The number of hydrogen-bond donors (Lipinski definition) is 0. The van der Waals surface area contributed by atoms with Crippen LogP contribution in [0.3, 0.4) is 0 Å². The summed E-state index contributed by atoms with van der Waals surface area (Å²) < 4.78 is 2.23. The van der Waals surface area contributed by atoms with Gasteiger partial charge in [-0.05, 0) is 40.5 Å². The molecule has 5 aromatic carbocycles. The van der Waals surface area contributed by atoms with Gasteiger partial charge in [-0.1, -0.05) is 136 Å². The SMILES string of the molecule is CC1(C)c2cc([Si](C)(C)C)ccc2-c2cc3c4ccccc4n(-c4nc(-c5ccccc5)nc(-c5ccccc5)n4)c3cc21. The number of aromatic nitrogens is 4. The van der Waals surface area contributed by atoms with Crippen molar-refractivity contribution in [2.45, 2.75) is 38.9 Å². The van der Waals surface area contributed by atoms with Gasteiger partial charge in [0.25, 0.3) is 0 Å². The molecule has 44 heavy (non-hydrogen) atoms. The fraction of sp³-hybridized carbons (Fsp3) is 0.154. The number of para-hydroxylation sites is 1. The molecule has 0 aliphatic heterocycles. The second-order valence-corrected chi connectivity index (χ2v) is 18.5. The predicted octanol–water partition coefficient (Wildman–Crippen LogP) is 9.15. The molecule has 214 valence electrons. The van der Waals surface area contributed by atoms with Crippen LogP contribution in [0.2, 0.25) is 19.6 Å². The van der Waals surface area contributed by atoms with E-state index >= 15 is 0 Å². The van der Waals surface area contributed by atoms with Crippen LogP contribution < -0.4 is 5.19 Å². The third kappa shape index (κ3) is 4.07. The highest BCUT2D eigenvalue weighted by molar-refractivity contribution is 6.88. The van der Waals surface area contributed by atoms with Crippen LogP contribution in [0.4, 0.5) is 0 Å². The molecule has 0 unspecified atom stereocenters. The first kappa shape index (κ1) is 26.7. The summed E-state index contributed by atoms with van der Waals surface area (Å²) in [6.45, 7) is 12.0.